The molecule has 0 saturated heterocycles. The first-order valence-corrected chi connectivity index (χ1v) is 11.5. The van der Waals surface area contributed by atoms with E-state index in [0.717, 1.165) is 0 Å². The minimum Gasteiger partial charge on any atom is -0.494 e. The van der Waals surface area contributed by atoms with Crippen LogP contribution in [0.5, 0.6) is 5.75 Å². The summed E-state index contributed by atoms with van der Waals surface area (Å²) >= 11 is 0. The van der Waals surface area contributed by atoms with Gasteiger partial charge in [0.15, 0.2) is 17.3 Å². The lowest BCUT2D eigenvalue weighted by Gasteiger charge is -2.10. The lowest BCUT2D eigenvalue weighted by Crippen LogP contribution is -2.24. The van der Waals surface area contributed by atoms with Crippen molar-refractivity contribution < 1.29 is 18.4 Å². The first-order valence-electron chi connectivity index (χ1n) is 11.5. The van der Waals surface area contributed by atoms with Gasteiger partial charge in [-0.3, -0.25) is 4.79 Å². The Hall–Kier alpha value is -4.67. The lowest BCUT2D eigenvalue weighted by atomic mass is 9.96. The average molecular weight is 502 g/mol. The van der Waals surface area contributed by atoms with Crippen LogP contribution in [0.15, 0.2) is 53.3 Å². The lowest BCUT2D eigenvalue weighted by molar-refractivity contribution is 0.0906. The van der Waals surface area contributed by atoms with Gasteiger partial charge in [-0.25, -0.2) is 19.3 Å². The summed E-state index contributed by atoms with van der Waals surface area (Å²) in [5.74, 6) is 0.256. The minimum absolute atomic E-state index is 0.0440. The number of methoxy groups -OCH3 is 1. The van der Waals surface area contributed by atoms with E-state index in [1.165, 1.54) is 6.07 Å². The Bertz CT molecular complexity index is 1600. The number of nitrogens with one attached hydrogen (secondary N) is 2. The van der Waals surface area contributed by atoms with Crippen molar-refractivity contribution in [1.82, 2.24) is 35.4 Å². The quantitative estimate of drug-likeness (QED) is 0.349. The molecule has 4 heterocycles. The Balaban J connectivity index is 1.38. The summed E-state index contributed by atoms with van der Waals surface area (Å²) in [6, 6.07) is 10.1. The summed E-state index contributed by atoms with van der Waals surface area (Å²) in [7, 11) is 1.56. The second kappa shape index (κ2) is 9.41. The van der Waals surface area contributed by atoms with E-state index < -0.39 is 11.7 Å². The largest absolute Gasteiger partial charge is 0.494 e. The molecule has 0 unspecified atom stereocenters. The predicted octanol–water partition coefficient (Wildman–Crippen LogP) is 4.45. The highest BCUT2D eigenvalue weighted by atomic mass is 19.1. The van der Waals surface area contributed by atoms with Crippen LogP contribution in [-0.2, 0) is 12.0 Å². The summed E-state index contributed by atoms with van der Waals surface area (Å²) in [5.41, 5.74) is 2.93. The highest BCUT2D eigenvalue weighted by Crippen LogP contribution is 2.31. The Labute approximate surface area is 211 Å². The SMILES string of the molecule is COc1cccnc1-c1nc2nccc(-c3ccc(CNC(=O)c4nc(C(C)(C)C)no4)c(F)c3)c2[nH]1. The maximum Gasteiger partial charge on any atom is 0.315 e. The van der Waals surface area contributed by atoms with Gasteiger partial charge in [-0.1, -0.05) is 38.1 Å². The summed E-state index contributed by atoms with van der Waals surface area (Å²) in [6.45, 7) is 5.68. The number of pyridine rings is 2. The molecule has 37 heavy (non-hydrogen) atoms. The third-order valence-corrected chi connectivity index (χ3v) is 5.70. The van der Waals surface area contributed by atoms with E-state index in [4.69, 9.17) is 9.26 Å². The second-order valence-corrected chi connectivity index (χ2v) is 9.36. The van der Waals surface area contributed by atoms with Gasteiger partial charge in [0.25, 0.3) is 0 Å². The zero-order chi connectivity index (χ0) is 26.2. The highest BCUT2D eigenvalue weighted by molar-refractivity contribution is 5.91. The first kappa shape index (κ1) is 24.0. The number of ether oxygens (including phenoxy) is 1. The number of rotatable bonds is 6. The van der Waals surface area contributed by atoms with Gasteiger partial charge in [0, 0.05) is 35.5 Å². The molecule has 2 N–H and O–H groups in total. The fourth-order valence-electron chi connectivity index (χ4n) is 3.73. The molecule has 0 aliphatic rings. The maximum atomic E-state index is 15.0. The molecule has 1 amide bonds. The molecule has 0 atom stereocenters. The maximum absolute atomic E-state index is 15.0. The molecular formula is C26H24FN7O3. The van der Waals surface area contributed by atoms with Gasteiger partial charge < -0.3 is 19.6 Å². The Morgan fingerprint density at radius 2 is 1.97 bits per heavy atom. The number of aromatic amines is 1. The number of carbonyl (C=O) groups excluding carboxylic acids is 1. The minimum atomic E-state index is -0.572. The van der Waals surface area contributed by atoms with Crippen LogP contribution < -0.4 is 10.1 Å². The van der Waals surface area contributed by atoms with Crippen molar-refractivity contribution in [1.29, 1.82) is 0 Å². The molecule has 11 heteroatoms. The van der Waals surface area contributed by atoms with E-state index >= 15 is 4.39 Å². The number of nitrogens with zero attached hydrogens (tertiary/aromatic N) is 5. The molecule has 0 saturated carbocycles. The van der Waals surface area contributed by atoms with Gasteiger partial charge in [-0.15, -0.1) is 0 Å². The Morgan fingerprint density at radius 1 is 1.14 bits per heavy atom. The molecule has 0 spiro atoms. The number of H-pyrrole nitrogens is 1. The molecule has 0 radical (unpaired) electrons. The zero-order valence-electron chi connectivity index (χ0n) is 20.7. The van der Waals surface area contributed by atoms with Gasteiger partial charge >= 0.3 is 11.8 Å². The van der Waals surface area contributed by atoms with E-state index in [1.807, 2.05) is 20.8 Å². The molecule has 5 rings (SSSR count). The van der Waals surface area contributed by atoms with E-state index in [0.29, 0.717) is 50.9 Å². The van der Waals surface area contributed by atoms with Crippen molar-refractivity contribution in [2.24, 2.45) is 0 Å². The number of aromatic nitrogens is 6. The van der Waals surface area contributed by atoms with Crippen molar-refractivity contribution in [3.8, 4) is 28.4 Å². The van der Waals surface area contributed by atoms with E-state index in [1.54, 1.807) is 49.8 Å². The summed E-state index contributed by atoms with van der Waals surface area (Å²) in [6.07, 6.45) is 3.26. The van der Waals surface area contributed by atoms with Crippen molar-refractivity contribution in [2.45, 2.75) is 32.7 Å². The molecule has 0 aliphatic carbocycles. The molecular weight excluding hydrogens is 477 g/mol. The fourth-order valence-corrected chi connectivity index (χ4v) is 3.73. The van der Waals surface area contributed by atoms with Crippen LogP contribution >= 0.6 is 0 Å². The molecule has 10 nitrogen and oxygen atoms in total. The van der Waals surface area contributed by atoms with Crippen molar-refractivity contribution in [3.63, 3.8) is 0 Å². The van der Waals surface area contributed by atoms with Crippen LogP contribution in [0.25, 0.3) is 33.8 Å². The third-order valence-electron chi connectivity index (χ3n) is 5.70. The van der Waals surface area contributed by atoms with Crippen LogP contribution in [0.3, 0.4) is 0 Å². The van der Waals surface area contributed by atoms with Crippen molar-refractivity contribution in [3.05, 3.63) is 71.9 Å². The zero-order valence-corrected chi connectivity index (χ0v) is 20.7. The van der Waals surface area contributed by atoms with Crippen LogP contribution in [0.4, 0.5) is 4.39 Å². The van der Waals surface area contributed by atoms with Crippen LogP contribution in [0.2, 0.25) is 0 Å². The smallest absolute Gasteiger partial charge is 0.315 e. The van der Waals surface area contributed by atoms with Crippen molar-refractivity contribution >= 4 is 17.1 Å². The van der Waals surface area contributed by atoms with Gasteiger partial charge in [0.2, 0.25) is 0 Å². The van der Waals surface area contributed by atoms with E-state index in [2.05, 4.69) is 35.4 Å². The number of carbonyl (C=O) groups is 1. The molecule has 0 fully saturated rings. The number of benzene rings is 1. The third kappa shape index (κ3) is 4.75. The second-order valence-electron chi connectivity index (χ2n) is 9.36. The fraction of sp³-hybridized carbons (Fsp3) is 0.231. The molecule has 4 aromatic heterocycles. The normalized spacial score (nSPS) is 11.6. The molecule has 5 aromatic rings. The highest BCUT2D eigenvalue weighted by Gasteiger charge is 2.24. The first-order chi connectivity index (χ1) is 17.7. The Kier molecular flexibility index (Phi) is 6.12. The van der Waals surface area contributed by atoms with Crippen molar-refractivity contribution in [2.75, 3.05) is 7.11 Å². The number of imidazole rings is 1. The topological polar surface area (TPSA) is 132 Å². The summed E-state index contributed by atoms with van der Waals surface area (Å²) in [5, 5.41) is 6.46. The number of halogens is 1. The standard InChI is InChI=1S/C26H24FN7O3/c1-26(2,3)25-33-24(37-34-25)23(35)30-13-15-8-7-14(12-17(15)27)16-9-11-29-21-19(16)31-22(32-21)20-18(36-4)6-5-10-28-20/h5-12H,13H2,1-4H3,(H,30,35)(H,29,31,32). The number of hydrogen-bond acceptors (Lipinski definition) is 8. The van der Waals surface area contributed by atoms with Crippen LogP contribution in [0.1, 0.15) is 42.8 Å². The van der Waals surface area contributed by atoms with Gasteiger partial charge in [-0.2, -0.15) is 4.98 Å². The number of fused-ring (bicyclic) bond motifs is 1. The number of hydrogen-bond donors (Lipinski definition) is 2. The molecule has 0 bridgehead atoms. The van der Waals surface area contributed by atoms with E-state index in [-0.39, 0.29) is 17.9 Å². The summed E-state index contributed by atoms with van der Waals surface area (Å²) in [4.78, 5) is 33.0. The monoisotopic (exact) mass is 501 g/mol. The predicted molar refractivity (Wildman–Crippen MR) is 133 cm³/mol. The average Bonchev–Trinajstić information content (AvgIpc) is 3.55. The van der Waals surface area contributed by atoms with Gasteiger partial charge in [0.05, 0.1) is 12.6 Å². The Morgan fingerprint density at radius 3 is 2.70 bits per heavy atom. The van der Waals surface area contributed by atoms with Gasteiger partial charge in [0.1, 0.15) is 17.3 Å². The van der Waals surface area contributed by atoms with Crippen LogP contribution in [-0.4, -0.2) is 43.1 Å². The molecule has 0 aliphatic heterocycles. The summed E-state index contributed by atoms with van der Waals surface area (Å²) < 4.78 is 25.5. The van der Waals surface area contributed by atoms with E-state index in [9.17, 15) is 4.79 Å². The number of amides is 1. The van der Waals surface area contributed by atoms with Crippen LogP contribution in [0, 0.1) is 5.82 Å². The molecule has 1 aromatic carbocycles. The molecule has 188 valence electrons. The van der Waals surface area contributed by atoms with Gasteiger partial charge in [-0.05, 0) is 29.8 Å².